The monoisotopic (exact) mass is 482 g/mol. The van der Waals surface area contributed by atoms with Crippen LogP contribution in [0.5, 0.6) is 5.75 Å². The van der Waals surface area contributed by atoms with E-state index in [1.165, 1.54) is 6.92 Å². The van der Waals surface area contributed by atoms with Crippen molar-refractivity contribution in [3.05, 3.63) is 65.7 Å². The Hall–Kier alpha value is -3.55. The number of nitrogens with one attached hydrogen (secondary N) is 1. The van der Waals surface area contributed by atoms with E-state index in [4.69, 9.17) is 14.2 Å². The maximum Gasteiger partial charge on any atom is 0.410 e. The van der Waals surface area contributed by atoms with Gasteiger partial charge in [0.15, 0.2) is 0 Å². The van der Waals surface area contributed by atoms with Crippen molar-refractivity contribution < 1.29 is 28.6 Å². The number of rotatable bonds is 6. The summed E-state index contributed by atoms with van der Waals surface area (Å²) in [5.74, 6) is -0.110. The van der Waals surface area contributed by atoms with Crippen LogP contribution >= 0.6 is 0 Å². The molecular weight excluding hydrogens is 448 g/mol. The number of likely N-dealkylation sites (tertiary alicyclic amines) is 1. The molecule has 0 aromatic heterocycles. The molecule has 2 amide bonds. The van der Waals surface area contributed by atoms with E-state index in [-0.39, 0.29) is 12.5 Å². The van der Waals surface area contributed by atoms with E-state index in [9.17, 15) is 14.4 Å². The van der Waals surface area contributed by atoms with Crippen molar-refractivity contribution in [3.63, 3.8) is 0 Å². The molecule has 1 aliphatic rings. The standard InChI is InChI=1S/C27H34N2O6/c1-19(30)34-24-11-8-16-29(26(32)35-27(2,3)4)17-23(24)28-25(31)21-12-14-22(15-13-21)33-18-20-9-6-5-7-10-20/h5-7,9-10,12-15,23-24H,8,11,16-18H2,1-4H3,(H,28,31)/t23-,24-/m1/s1. The van der Waals surface area contributed by atoms with Crippen molar-refractivity contribution in [3.8, 4) is 5.75 Å². The molecule has 2 aromatic carbocycles. The highest BCUT2D eigenvalue weighted by atomic mass is 16.6. The molecule has 8 heteroatoms. The predicted molar refractivity (Wildman–Crippen MR) is 131 cm³/mol. The third-order valence-electron chi connectivity index (χ3n) is 5.43. The predicted octanol–water partition coefficient (Wildman–Crippen LogP) is 4.33. The van der Waals surface area contributed by atoms with Gasteiger partial charge in [-0.2, -0.15) is 0 Å². The average Bonchev–Trinajstić information content (AvgIpc) is 2.99. The van der Waals surface area contributed by atoms with E-state index in [0.29, 0.717) is 37.3 Å². The minimum absolute atomic E-state index is 0.177. The summed E-state index contributed by atoms with van der Waals surface area (Å²) in [4.78, 5) is 38.9. The summed E-state index contributed by atoms with van der Waals surface area (Å²) in [6.45, 7) is 7.80. The number of carbonyl (C=O) groups excluding carboxylic acids is 3. The first kappa shape index (κ1) is 26.1. The van der Waals surface area contributed by atoms with Crippen LogP contribution in [0.4, 0.5) is 4.79 Å². The quantitative estimate of drug-likeness (QED) is 0.616. The topological polar surface area (TPSA) is 94.2 Å². The van der Waals surface area contributed by atoms with Crippen LogP contribution in [0.3, 0.4) is 0 Å². The van der Waals surface area contributed by atoms with Crippen molar-refractivity contribution in [2.24, 2.45) is 0 Å². The summed E-state index contributed by atoms with van der Waals surface area (Å²) in [6, 6.07) is 16.1. The number of esters is 1. The van der Waals surface area contributed by atoms with Gasteiger partial charge < -0.3 is 24.4 Å². The van der Waals surface area contributed by atoms with Crippen LogP contribution in [0.15, 0.2) is 54.6 Å². The van der Waals surface area contributed by atoms with E-state index < -0.39 is 29.8 Å². The molecule has 0 spiro atoms. The Morgan fingerprint density at radius 2 is 1.71 bits per heavy atom. The Bertz CT molecular complexity index is 1000. The molecule has 1 fully saturated rings. The highest BCUT2D eigenvalue weighted by Gasteiger charge is 2.34. The molecule has 0 radical (unpaired) electrons. The molecule has 35 heavy (non-hydrogen) atoms. The van der Waals surface area contributed by atoms with Gasteiger partial charge in [0, 0.05) is 25.6 Å². The fourth-order valence-corrected chi connectivity index (χ4v) is 3.81. The van der Waals surface area contributed by atoms with Crippen molar-refractivity contribution in [2.75, 3.05) is 13.1 Å². The van der Waals surface area contributed by atoms with Crippen LogP contribution < -0.4 is 10.1 Å². The van der Waals surface area contributed by atoms with Crippen LogP contribution in [0.1, 0.15) is 56.5 Å². The molecule has 2 aromatic rings. The zero-order valence-corrected chi connectivity index (χ0v) is 20.8. The van der Waals surface area contributed by atoms with Gasteiger partial charge in [-0.3, -0.25) is 9.59 Å². The summed E-state index contributed by atoms with van der Waals surface area (Å²) in [7, 11) is 0. The summed E-state index contributed by atoms with van der Waals surface area (Å²) >= 11 is 0. The molecule has 0 saturated carbocycles. The van der Waals surface area contributed by atoms with Crippen molar-refractivity contribution in [1.82, 2.24) is 10.2 Å². The normalized spacial score (nSPS) is 18.2. The maximum absolute atomic E-state index is 13.0. The Labute approximate surface area is 206 Å². The highest BCUT2D eigenvalue weighted by molar-refractivity contribution is 5.94. The van der Waals surface area contributed by atoms with Gasteiger partial charge in [0.05, 0.1) is 6.04 Å². The van der Waals surface area contributed by atoms with E-state index in [1.54, 1.807) is 49.9 Å². The zero-order chi connectivity index (χ0) is 25.4. The van der Waals surface area contributed by atoms with Gasteiger partial charge in [0.25, 0.3) is 5.91 Å². The van der Waals surface area contributed by atoms with Gasteiger partial charge in [-0.15, -0.1) is 0 Å². The molecule has 0 aliphatic carbocycles. The fraction of sp³-hybridized carbons (Fsp3) is 0.444. The summed E-state index contributed by atoms with van der Waals surface area (Å²) in [5.41, 5.74) is 0.849. The first-order valence-electron chi connectivity index (χ1n) is 11.8. The smallest absolute Gasteiger partial charge is 0.410 e. The third-order valence-corrected chi connectivity index (χ3v) is 5.43. The molecule has 188 valence electrons. The number of hydrogen-bond acceptors (Lipinski definition) is 6. The van der Waals surface area contributed by atoms with Crippen molar-refractivity contribution in [2.45, 2.75) is 64.9 Å². The first-order valence-corrected chi connectivity index (χ1v) is 11.8. The number of nitrogens with zero attached hydrogens (tertiary/aromatic N) is 1. The van der Waals surface area contributed by atoms with Gasteiger partial charge in [0.2, 0.25) is 0 Å². The van der Waals surface area contributed by atoms with Gasteiger partial charge in [-0.25, -0.2) is 4.79 Å². The molecular formula is C27H34N2O6. The summed E-state index contributed by atoms with van der Waals surface area (Å²) in [5, 5.41) is 2.95. The van der Waals surface area contributed by atoms with Crippen LogP contribution in [0.25, 0.3) is 0 Å². The minimum atomic E-state index is -0.637. The second-order valence-electron chi connectivity index (χ2n) is 9.60. The fourth-order valence-electron chi connectivity index (χ4n) is 3.81. The number of hydrogen-bond donors (Lipinski definition) is 1. The minimum Gasteiger partial charge on any atom is -0.489 e. The van der Waals surface area contributed by atoms with E-state index >= 15 is 0 Å². The Balaban J connectivity index is 1.66. The molecule has 1 saturated heterocycles. The molecule has 0 unspecified atom stereocenters. The van der Waals surface area contributed by atoms with Crippen LogP contribution in [-0.2, 0) is 20.9 Å². The lowest BCUT2D eigenvalue weighted by Crippen LogP contribution is -2.51. The Kier molecular flexibility index (Phi) is 8.73. The highest BCUT2D eigenvalue weighted by Crippen LogP contribution is 2.20. The van der Waals surface area contributed by atoms with Gasteiger partial charge in [-0.1, -0.05) is 30.3 Å². The number of benzene rings is 2. The lowest BCUT2D eigenvalue weighted by atomic mass is 10.1. The number of carbonyl (C=O) groups is 3. The van der Waals surface area contributed by atoms with E-state index in [1.807, 2.05) is 30.3 Å². The molecule has 0 bridgehead atoms. The molecule has 2 atom stereocenters. The maximum atomic E-state index is 13.0. The zero-order valence-electron chi connectivity index (χ0n) is 20.8. The number of amides is 2. The molecule has 3 rings (SSSR count). The van der Waals surface area contributed by atoms with Gasteiger partial charge in [-0.05, 0) is 63.4 Å². The van der Waals surface area contributed by atoms with Crippen LogP contribution in [0, 0.1) is 0 Å². The second kappa shape index (κ2) is 11.7. The van der Waals surface area contributed by atoms with Gasteiger partial charge in [0.1, 0.15) is 24.1 Å². The summed E-state index contributed by atoms with van der Waals surface area (Å²) < 4.78 is 16.8. The second-order valence-corrected chi connectivity index (χ2v) is 9.60. The van der Waals surface area contributed by atoms with Crippen molar-refractivity contribution in [1.29, 1.82) is 0 Å². The van der Waals surface area contributed by atoms with E-state index in [2.05, 4.69) is 5.32 Å². The average molecular weight is 483 g/mol. The molecule has 1 heterocycles. The van der Waals surface area contributed by atoms with Gasteiger partial charge >= 0.3 is 12.1 Å². The summed E-state index contributed by atoms with van der Waals surface area (Å²) in [6.07, 6.45) is 0.144. The lowest BCUT2D eigenvalue weighted by Gasteiger charge is -2.30. The molecule has 1 aliphatic heterocycles. The van der Waals surface area contributed by atoms with Crippen LogP contribution in [0.2, 0.25) is 0 Å². The van der Waals surface area contributed by atoms with Crippen molar-refractivity contribution >= 4 is 18.0 Å². The Morgan fingerprint density at radius 3 is 2.34 bits per heavy atom. The SMILES string of the molecule is CC(=O)O[C@@H]1CCCN(C(=O)OC(C)(C)C)C[C@H]1NC(=O)c1ccc(OCc2ccccc2)cc1. The molecule has 1 N–H and O–H groups in total. The Morgan fingerprint density at radius 1 is 1.03 bits per heavy atom. The molecule has 8 nitrogen and oxygen atoms in total. The number of ether oxygens (including phenoxy) is 3. The van der Waals surface area contributed by atoms with Crippen LogP contribution in [-0.4, -0.2) is 53.7 Å². The lowest BCUT2D eigenvalue weighted by molar-refractivity contribution is -0.147. The largest absolute Gasteiger partial charge is 0.489 e. The first-order chi connectivity index (χ1) is 16.6. The third kappa shape index (κ3) is 8.31. The van der Waals surface area contributed by atoms with E-state index in [0.717, 1.165) is 5.56 Å².